The van der Waals surface area contributed by atoms with Gasteiger partial charge in [0.15, 0.2) is 11.5 Å². The Labute approximate surface area is 207 Å². The van der Waals surface area contributed by atoms with Crippen LogP contribution in [0.3, 0.4) is 0 Å². The summed E-state index contributed by atoms with van der Waals surface area (Å²) in [7, 11) is 1.57. The number of benzene rings is 2. The largest absolute Gasteiger partial charge is 0.493 e. The van der Waals surface area contributed by atoms with Crippen LogP contribution >= 0.6 is 34.2 Å². The van der Waals surface area contributed by atoms with Crippen molar-refractivity contribution in [3.8, 4) is 11.5 Å². The van der Waals surface area contributed by atoms with Crippen LogP contribution in [0.2, 0.25) is 5.02 Å². The normalized spacial score (nSPS) is 12.0. The van der Waals surface area contributed by atoms with Crippen LogP contribution in [-0.2, 0) is 4.79 Å². The number of nitrogens with zero attached hydrogens (tertiary/aromatic N) is 1. The Bertz CT molecular complexity index is 982. The van der Waals surface area contributed by atoms with Gasteiger partial charge in [0.25, 0.3) is 11.8 Å². The van der Waals surface area contributed by atoms with E-state index in [0.717, 1.165) is 15.6 Å². The van der Waals surface area contributed by atoms with Crippen molar-refractivity contribution in [2.75, 3.05) is 13.7 Å². The predicted octanol–water partition coefficient (Wildman–Crippen LogP) is 4.65. The summed E-state index contributed by atoms with van der Waals surface area (Å²) in [6, 6.07) is 9.44. The Morgan fingerprint density at radius 1 is 1.25 bits per heavy atom. The van der Waals surface area contributed by atoms with E-state index in [1.807, 2.05) is 26.8 Å². The first-order chi connectivity index (χ1) is 15.3. The van der Waals surface area contributed by atoms with Gasteiger partial charge < -0.3 is 14.8 Å². The van der Waals surface area contributed by atoms with Gasteiger partial charge in [0.1, 0.15) is 6.04 Å². The van der Waals surface area contributed by atoms with Crippen LogP contribution in [0, 0.1) is 9.49 Å². The second-order valence-electron chi connectivity index (χ2n) is 7.32. The van der Waals surface area contributed by atoms with Crippen molar-refractivity contribution in [1.29, 1.82) is 0 Å². The van der Waals surface area contributed by atoms with E-state index in [0.29, 0.717) is 28.7 Å². The summed E-state index contributed by atoms with van der Waals surface area (Å²) in [5.41, 5.74) is 3.62. The third kappa shape index (κ3) is 7.37. The van der Waals surface area contributed by atoms with E-state index in [4.69, 9.17) is 21.1 Å². The summed E-state index contributed by atoms with van der Waals surface area (Å²) in [5.74, 6) is 0.319. The van der Waals surface area contributed by atoms with Gasteiger partial charge in [-0.1, -0.05) is 38.4 Å². The van der Waals surface area contributed by atoms with Gasteiger partial charge in [0.2, 0.25) is 0 Å². The summed E-state index contributed by atoms with van der Waals surface area (Å²) in [5, 5.41) is 7.24. The van der Waals surface area contributed by atoms with Gasteiger partial charge in [-0.3, -0.25) is 9.59 Å². The lowest BCUT2D eigenvalue weighted by Crippen LogP contribution is -2.48. The van der Waals surface area contributed by atoms with Crippen molar-refractivity contribution in [2.45, 2.75) is 33.2 Å². The molecule has 0 aromatic heterocycles. The van der Waals surface area contributed by atoms with Crippen molar-refractivity contribution >= 4 is 52.2 Å². The van der Waals surface area contributed by atoms with Crippen LogP contribution in [0.4, 0.5) is 0 Å². The Morgan fingerprint density at radius 3 is 2.62 bits per heavy atom. The standard InChI is InChI=1S/C23H27ClIN3O4/c1-5-9-32-21-18(25)10-15(11-19(21)31-4)13-26-28-23(30)20(14(2)3)27-22(29)16-7-6-8-17(24)12-16/h6-8,10-14,20H,5,9H2,1-4H3,(H,27,29)(H,28,30). The molecule has 2 aromatic carbocycles. The summed E-state index contributed by atoms with van der Waals surface area (Å²) >= 11 is 8.12. The number of halogens is 2. The molecule has 0 aliphatic rings. The first-order valence-electron chi connectivity index (χ1n) is 10.2. The monoisotopic (exact) mass is 571 g/mol. The van der Waals surface area contributed by atoms with Crippen LogP contribution in [0.15, 0.2) is 41.5 Å². The molecule has 1 atom stereocenters. The molecule has 2 amide bonds. The number of hydrogen-bond acceptors (Lipinski definition) is 5. The number of rotatable bonds is 10. The molecule has 2 N–H and O–H groups in total. The number of amides is 2. The fraction of sp³-hybridized carbons (Fsp3) is 0.348. The zero-order valence-corrected chi connectivity index (χ0v) is 21.4. The smallest absolute Gasteiger partial charge is 0.262 e. The number of ether oxygens (including phenoxy) is 2. The topological polar surface area (TPSA) is 89.0 Å². The number of nitrogens with one attached hydrogen (secondary N) is 2. The lowest BCUT2D eigenvalue weighted by Gasteiger charge is -2.20. The van der Waals surface area contributed by atoms with E-state index in [1.54, 1.807) is 37.4 Å². The van der Waals surface area contributed by atoms with Gasteiger partial charge in [-0.05, 0) is 70.8 Å². The molecule has 0 aliphatic heterocycles. The van der Waals surface area contributed by atoms with E-state index in [9.17, 15) is 9.59 Å². The molecule has 0 aliphatic carbocycles. The predicted molar refractivity (Wildman–Crippen MR) is 135 cm³/mol. The van der Waals surface area contributed by atoms with Gasteiger partial charge in [-0.2, -0.15) is 5.10 Å². The SMILES string of the molecule is CCCOc1c(I)cc(C=NNC(=O)C(NC(=O)c2cccc(Cl)c2)C(C)C)cc1OC. The van der Waals surface area contributed by atoms with Gasteiger partial charge in [-0.25, -0.2) is 5.43 Å². The molecule has 2 rings (SSSR count). The second-order valence-corrected chi connectivity index (χ2v) is 8.92. The highest BCUT2D eigenvalue weighted by Gasteiger charge is 2.24. The second kappa shape index (κ2) is 12.6. The highest BCUT2D eigenvalue weighted by atomic mass is 127. The molecule has 0 fully saturated rings. The molecule has 32 heavy (non-hydrogen) atoms. The fourth-order valence-electron chi connectivity index (χ4n) is 2.79. The van der Waals surface area contributed by atoms with Crippen molar-refractivity contribution in [3.05, 3.63) is 56.1 Å². The van der Waals surface area contributed by atoms with Crippen molar-refractivity contribution < 1.29 is 19.1 Å². The van der Waals surface area contributed by atoms with Gasteiger partial charge >= 0.3 is 0 Å². The minimum atomic E-state index is -0.766. The molecule has 2 aromatic rings. The first-order valence-corrected chi connectivity index (χ1v) is 11.6. The highest BCUT2D eigenvalue weighted by Crippen LogP contribution is 2.33. The van der Waals surface area contributed by atoms with E-state index in [2.05, 4.69) is 38.4 Å². The number of methoxy groups -OCH3 is 1. The molecule has 172 valence electrons. The molecular formula is C23H27ClIN3O4. The van der Waals surface area contributed by atoms with Crippen LogP contribution in [0.25, 0.3) is 0 Å². The lowest BCUT2D eigenvalue weighted by molar-refractivity contribution is -0.123. The molecule has 0 bridgehead atoms. The summed E-state index contributed by atoms with van der Waals surface area (Å²) < 4.78 is 12.0. The van der Waals surface area contributed by atoms with Crippen LogP contribution in [0.5, 0.6) is 11.5 Å². The van der Waals surface area contributed by atoms with Crippen LogP contribution in [-0.4, -0.2) is 37.8 Å². The van der Waals surface area contributed by atoms with Crippen molar-refractivity contribution in [1.82, 2.24) is 10.7 Å². The third-order valence-electron chi connectivity index (χ3n) is 4.41. The molecule has 0 radical (unpaired) electrons. The van der Waals surface area contributed by atoms with Crippen molar-refractivity contribution in [3.63, 3.8) is 0 Å². The van der Waals surface area contributed by atoms with E-state index in [1.165, 1.54) is 6.21 Å². The number of carbonyl (C=O) groups is 2. The highest BCUT2D eigenvalue weighted by molar-refractivity contribution is 14.1. The number of hydrogen-bond donors (Lipinski definition) is 2. The summed E-state index contributed by atoms with van der Waals surface area (Å²) in [6.07, 6.45) is 2.40. The minimum absolute atomic E-state index is 0.149. The lowest BCUT2D eigenvalue weighted by atomic mass is 10.0. The molecule has 0 heterocycles. The van der Waals surface area contributed by atoms with Gasteiger partial charge in [0, 0.05) is 10.6 Å². The maximum absolute atomic E-state index is 12.7. The molecule has 0 saturated heterocycles. The van der Waals surface area contributed by atoms with Crippen molar-refractivity contribution in [2.24, 2.45) is 11.0 Å². The Kier molecular flexibility index (Phi) is 10.2. The maximum atomic E-state index is 12.7. The molecule has 9 heteroatoms. The zero-order chi connectivity index (χ0) is 23.7. The molecule has 7 nitrogen and oxygen atoms in total. The molecule has 1 unspecified atom stereocenters. The fourth-order valence-corrected chi connectivity index (χ4v) is 3.76. The third-order valence-corrected chi connectivity index (χ3v) is 5.45. The quantitative estimate of drug-likeness (QED) is 0.247. The zero-order valence-electron chi connectivity index (χ0n) is 18.4. The number of carbonyl (C=O) groups excluding carboxylic acids is 2. The van der Waals surface area contributed by atoms with E-state index in [-0.39, 0.29) is 11.8 Å². The molecular weight excluding hydrogens is 545 g/mol. The maximum Gasteiger partial charge on any atom is 0.262 e. The average molecular weight is 572 g/mol. The first kappa shape index (κ1) is 25.9. The van der Waals surface area contributed by atoms with Crippen LogP contribution < -0.4 is 20.2 Å². The summed E-state index contributed by atoms with van der Waals surface area (Å²) in [6.45, 7) is 6.31. The van der Waals surface area contributed by atoms with E-state index < -0.39 is 11.9 Å². The minimum Gasteiger partial charge on any atom is -0.493 e. The summed E-state index contributed by atoms with van der Waals surface area (Å²) in [4.78, 5) is 25.2. The Balaban J connectivity index is 2.08. The Morgan fingerprint density at radius 2 is 2.00 bits per heavy atom. The molecule has 0 saturated carbocycles. The Hall–Kier alpha value is -2.33. The van der Waals surface area contributed by atoms with E-state index >= 15 is 0 Å². The van der Waals surface area contributed by atoms with Gasteiger partial charge in [0.05, 0.1) is 23.5 Å². The van der Waals surface area contributed by atoms with Crippen LogP contribution in [0.1, 0.15) is 43.1 Å². The molecule has 0 spiro atoms. The van der Waals surface area contributed by atoms with Gasteiger partial charge in [-0.15, -0.1) is 0 Å². The number of hydrazone groups is 1. The average Bonchev–Trinajstić information content (AvgIpc) is 2.75.